The zero-order valence-corrected chi connectivity index (χ0v) is 8.28. The zero-order valence-electron chi connectivity index (χ0n) is 8.28. The number of ether oxygens (including phenoxy) is 1. The van der Waals surface area contributed by atoms with Crippen LogP contribution in [-0.2, 0) is 19.1 Å². The van der Waals surface area contributed by atoms with Crippen LogP contribution >= 0.6 is 0 Å². The molecule has 1 unspecified atom stereocenters. The first kappa shape index (κ1) is 12.8. The Morgan fingerprint density at radius 3 is 2.36 bits per heavy atom. The van der Waals surface area contributed by atoms with Gasteiger partial charge in [-0.15, -0.1) is 0 Å². The van der Waals surface area contributed by atoms with Crippen LogP contribution in [0.15, 0.2) is 0 Å². The van der Waals surface area contributed by atoms with Crippen molar-refractivity contribution in [2.24, 2.45) is 0 Å². The highest BCUT2D eigenvalue weighted by Crippen LogP contribution is 1.99. The van der Waals surface area contributed by atoms with Gasteiger partial charge in [0.2, 0.25) is 0 Å². The Hall–Kier alpha value is -1.23. The van der Waals surface area contributed by atoms with Gasteiger partial charge >= 0.3 is 5.97 Å². The van der Waals surface area contributed by atoms with Gasteiger partial charge in [-0.05, 0) is 13.8 Å². The first-order valence-corrected chi connectivity index (χ1v) is 4.33. The number of ketones is 2. The smallest absolute Gasteiger partial charge is 0.335 e. The third kappa shape index (κ3) is 5.42. The predicted molar refractivity (Wildman–Crippen MR) is 47.6 cm³/mol. The van der Waals surface area contributed by atoms with E-state index in [4.69, 9.17) is 5.11 Å². The Morgan fingerprint density at radius 2 is 1.93 bits per heavy atom. The third-order valence-corrected chi connectivity index (χ3v) is 1.43. The molecule has 1 N–H and O–H groups in total. The zero-order chi connectivity index (χ0) is 11.1. The van der Waals surface area contributed by atoms with Crippen molar-refractivity contribution in [2.45, 2.75) is 32.8 Å². The molecular weight excluding hydrogens is 188 g/mol. The summed E-state index contributed by atoms with van der Waals surface area (Å²) in [7, 11) is 0. The minimum Gasteiger partial charge on any atom is -0.464 e. The highest BCUT2D eigenvalue weighted by molar-refractivity contribution is 5.99. The number of carbonyl (C=O) groups is 3. The SMILES string of the molecule is CCOC(=O)C(O)CC(=O)CC(C)=O. The fourth-order valence-electron chi connectivity index (χ4n) is 0.887. The van der Waals surface area contributed by atoms with Crippen molar-refractivity contribution < 1.29 is 24.2 Å². The summed E-state index contributed by atoms with van der Waals surface area (Å²) in [6.07, 6.45) is -2.07. The van der Waals surface area contributed by atoms with E-state index in [9.17, 15) is 14.4 Å². The van der Waals surface area contributed by atoms with Crippen LogP contribution in [0.1, 0.15) is 26.7 Å². The monoisotopic (exact) mass is 202 g/mol. The van der Waals surface area contributed by atoms with E-state index < -0.39 is 17.9 Å². The Bertz CT molecular complexity index is 233. The molecule has 0 amide bonds. The van der Waals surface area contributed by atoms with Gasteiger partial charge in [0, 0.05) is 6.42 Å². The van der Waals surface area contributed by atoms with Gasteiger partial charge in [-0.2, -0.15) is 0 Å². The van der Waals surface area contributed by atoms with Crippen molar-refractivity contribution in [3.63, 3.8) is 0 Å². The average Bonchev–Trinajstić information content (AvgIpc) is 2.02. The molecule has 5 nitrogen and oxygen atoms in total. The molecule has 0 spiro atoms. The molecular formula is C9H14O5. The lowest BCUT2D eigenvalue weighted by Gasteiger charge is -2.07. The van der Waals surface area contributed by atoms with Gasteiger partial charge in [0.1, 0.15) is 11.6 Å². The summed E-state index contributed by atoms with van der Waals surface area (Å²) in [5, 5.41) is 9.13. The molecule has 5 heteroatoms. The number of esters is 1. The normalized spacial score (nSPS) is 11.9. The number of aliphatic hydroxyl groups is 1. The van der Waals surface area contributed by atoms with Crippen molar-refractivity contribution in [3.8, 4) is 0 Å². The lowest BCUT2D eigenvalue weighted by molar-refractivity contribution is -0.155. The van der Waals surface area contributed by atoms with Gasteiger partial charge in [-0.25, -0.2) is 4.79 Å². The molecule has 0 bridgehead atoms. The second kappa shape index (κ2) is 6.26. The van der Waals surface area contributed by atoms with Gasteiger partial charge in [0.15, 0.2) is 6.10 Å². The summed E-state index contributed by atoms with van der Waals surface area (Å²) in [5.41, 5.74) is 0. The van der Waals surface area contributed by atoms with Crippen LogP contribution in [0.3, 0.4) is 0 Å². The summed E-state index contributed by atoms with van der Waals surface area (Å²) in [6.45, 7) is 3.02. The van der Waals surface area contributed by atoms with Gasteiger partial charge in [-0.1, -0.05) is 0 Å². The number of rotatable bonds is 6. The van der Waals surface area contributed by atoms with Crippen LogP contribution in [0.2, 0.25) is 0 Å². The molecule has 0 radical (unpaired) electrons. The lowest BCUT2D eigenvalue weighted by Crippen LogP contribution is -2.26. The lowest BCUT2D eigenvalue weighted by atomic mass is 10.1. The van der Waals surface area contributed by atoms with Gasteiger partial charge in [-0.3, -0.25) is 9.59 Å². The Balaban J connectivity index is 3.92. The molecule has 0 aromatic rings. The molecule has 0 saturated carbocycles. The highest BCUT2D eigenvalue weighted by atomic mass is 16.5. The van der Waals surface area contributed by atoms with Crippen LogP contribution in [0, 0.1) is 0 Å². The third-order valence-electron chi connectivity index (χ3n) is 1.43. The first-order chi connectivity index (χ1) is 6.47. The van der Waals surface area contributed by atoms with E-state index in [0.717, 1.165) is 0 Å². The Labute approximate surface area is 82.1 Å². The van der Waals surface area contributed by atoms with Crippen molar-refractivity contribution in [1.29, 1.82) is 0 Å². The number of aliphatic hydroxyl groups excluding tert-OH is 1. The van der Waals surface area contributed by atoms with E-state index in [1.54, 1.807) is 6.92 Å². The van der Waals surface area contributed by atoms with E-state index in [1.165, 1.54) is 6.92 Å². The van der Waals surface area contributed by atoms with Crippen LogP contribution in [0.5, 0.6) is 0 Å². The maximum Gasteiger partial charge on any atom is 0.335 e. The molecule has 80 valence electrons. The molecule has 0 rings (SSSR count). The van der Waals surface area contributed by atoms with E-state index in [2.05, 4.69) is 4.74 Å². The van der Waals surface area contributed by atoms with E-state index in [-0.39, 0.29) is 25.2 Å². The number of hydrogen-bond donors (Lipinski definition) is 1. The van der Waals surface area contributed by atoms with E-state index >= 15 is 0 Å². The quantitative estimate of drug-likeness (QED) is 0.478. The second-order valence-electron chi connectivity index (χ2n) is 2.89. The van der Waals surface area contributed by atoms with Crippen molar-refractivity contribution in [2.75, 3.05) is 6.61 Å². The fraction of sp³-hybridized carbons (Fsp3) is 0.667. The number of Topliss-reactive ketones (excluding diaryl/α,β-unsaturated/α-hetero) is 2. The maximum atomic E-state index is 11.0. The summed E-state index contributed by atoms with van der Waals surface area (Å²) in [6, 6.07) is 0. The molecule has 0 aliphatic heterocycles. The van der Waals surface area contributed by atoms with Gasteiger partial charge < -0.3 is 9.84 Å². The van der Waals surface area contributed by atoms with Crippen LogP contribution in [-0.4, -0.2) is 35.4 Å². The standard InChI is InChI=1S/C9H14O5/c1-3-14-9(13)8(12)5-7(11)4-6(2)10/h8,12H,3-5H2,1-2H3. The molecule has 14 heavy (non-hydrogen) atoms. The molecule has 0 aliphatic rings. The average molecular weight is 202 g/mol. The summed E-state index contributed by atoms with van der Waals surface area (Å²) in [4.78, 5) is 32.4. The second-order valence-corrected chi connectivity index (χ2v) is 2.89. The molecule has 0 fully saturated rings. The molecule has 0 aliphatic carbocycles. The Morgan fingerprint density at radius 1 is 1.36 bits per heavy atom. The number of hydrogen-bond acceptors (Lipinski definition) is 5. The largest absolute Gasteiger partial charge is 0.464 e. The van der Waals surface area contributed by atoms with Crippen LogP contribution in [0.4, 0.5) is 0 Å². The Kier molecular flexibility index (Phi) is 5.71. The molecule has 0 heterocycles. The van der Waals surface area contributed by atoms with Gasteiger partial charge in [0.05, 0.1) is 13.0 Å². The van der Waals surface area contributed by atoms with E-state index in [1.807, 2.05) is 0 Å². The summed E-state index contributed by atoms with van der Waals surface area (Å²) in [5.74, 6) is -1.58. The first-order valence-electron chi connectivity index (χ1n) is 4.33. The minimum absolute atomic E-state index is 0.150. The predicted octanol–water partition coefficient (Wildman–Crippen LogP) is -0.151. The summed E-state index contributed by atoms with van der Waals surface area (Å²) < 4.78 is 4.48. The molecule has 0 aromatic carbocycles. The molecule has 1 atom stereocenters. The highest BCUT2D eigenvalue weighted by Gasteiger charge is 2.20. The summed E-state index contributed by atoms with van der Waals surface area (Å²) >= 11 is 0. The van der Waals surface area contributed by atoms with Crippen LogP contribution in [0.25, 0.3) is 0 Å². The minimum atomic E-state index is -1.46. The topological polar surface area (TPSA) is 80.7 Å². The molecule has 0 saturated heterocycles. The number of carbonyl (C=O) groups excluding carboxylic acids is 3. The van der Waals surface area contributed by atoms with Gasteiger partial charge in [0.25, 0.3) is 0 Å². The molecule has 0 aromatic heterocycles. The van der Waals surface area contributed by atoms with E-state index in [0.29, 0.717) is 0 Å². The van der Waals surface area contributed by atoms with Crippen LogP contribution < -0.4 is 0 Å². The maximum absolute atomic E-state index is 11.0. The van der Waals surface area contributed by atoms with Crippen molar-refractivity contribution in [3.05, 3.63) is 0 Å². The fourth-order valence-corrected chi connectivity index (χ4v) is 0.887. The van der Waals surface area contributed by atoms with Crippen molar-refractivity contribution in [1.82, 2.24) is 0 Å². The van der Waals surface area contributed by atoms with Crippen molar-refractivity contribution >= 4 is 17.5 Å².